The number of rotatable bonds is 6. The van der Waals surface area contributed by atoms with Crippen LogP contribution in [0.25, 0.3) is 0 Å². The van der Waals surface area contributed by atoms with Crippen LogP contribution in [0, 0.1) is 6.92 Å². The van der Waals surface area contributed by atoms with E-state index in [1.54, 1.807) is 0 Å². The van der Waals surface area contributed by atoms with Gasteiger partial charge in [0.05, 0.1) is 0 Å². The highest BCUT2D eigenvalue weighted by atomic mass is 15.2. The zero-order valence-electron chi connectivity index (χ0n) is 13.1. The van der Waals surface area contributed by atoms with Crippen molar-refractivity contribution in [2.24, 2.45) is 5.73 Å². The fraction of sp³-hybridized carbons (Fsp3) is 0.412. The molecule has 0 radical (unpaired) electrons. The molecular weight excluding hydrogens is 260 g/mol. The molecule has 1 heterocycles. The Morgan fingerprint density at radius 3 is 2.24 bits per heavy atom. The molecule has 0 saturated heterocycles. The summed E-state index contributed by atoms with van der Waals surface area (Å²) in [6, 6.07) is 8.59. The maximum atomic E-state index is 5.97. The van der Waals surface area contributed by atoms with Gasteiger partial charge in [0.1, 0.15) is 0 Å². The summed E-state index contributed by atoms with van der Waals surface area (Å²) in [5.41, 5.74) is 9.42. The number of aryl methyl sites for hydroxylation is 1. The molecule has 112 valence electrons. The maximum absolute atomic E-state index is 5.97. The number of hydrogen-bond acceptors (Lipinski definition) is 4. The normalized spacial score (nSPS) is 12.2. The number of nitrogens with two attached hydrogens (primary N) is 1. The molecule has 2 rings (SSSR count). The van der Waals surface area contributed by atoms with Gasteiger partial charge in [-0.2, -0.15) is 0 Å². The average molecular weight is 284 g/mol. The second-order valence-electron chi connectivity index (χ2n) is 5.34. The smallest absolute Gasteiger partial charge is 0.229 e. The zero-order valence-corrected chi connectivity index (χ0v) is 13.1. The van der Waals surface area contributed by atoms with E-state index < -0.39 is 0 Å². The van der Waals surface area contributed by atoms with Crippen molar-refractivity contribution < 1.29 is 0 Å². The Kier molecular flexibility index (Phi) is 5.28. The molecule has 0 fully saturated rings. The molecule has 0 amide bonds. The monoisotopic (exact) mass is 284 g/mol. The number of benzene rings is 1. The van der Waals surface area contributed by atoms with Crippen molar-refractivity contribution in [3.63, 3.8) is 0 Å². The summed E-state index contributed by atoms with van der Waals surface area (Å²) in [4.78, 5) is 11.1. The van der Waals surface area contributed by atoms with Gasteiger partial charge >= 0.3 is 0 Å². The average Bonchev–Trinajstić information content (AvgIpc) is 2.51. The Morgan fingerprint density at radius 2 is 1.71 bits per heavy atom. The highest BCUT2D eigenvalue weighted by molar-refractivity contribution is 5.57. The molecule has 1 atom stereocenters. The lowest BCUT2D eigenvalue weighted by Crippen LogP contribution is -2.22. The zero-order chi connectivity index (χ0) is 15.2. The fourth-order valence-electron chi connectivity index (χ4n) is 2.20. The fourth-order valence-corrected chi connectivity index (χ4v) is 2.20. The first kappa shape index (κ1) is 15.4. The van der Waals surface area contributed by atoms with Gasteiger partial charge in [-0.1, -0.05) is 24.6 Å². The Balaban J connectivity index is 2.17. The summed E-state index contributed by atoms with van der Waals surface area (Å²) in [6.07, 6.45) is 5.56. The molecule has 0 aliphatic carbocycles. The minimum atomic E-state index is 0.179. The number of anilines is 2. The third kappa shape index (κ3) is 4.02. The highest BCUT2D eigenvalue weighted by Gasteiger charge is 2.10. The summed E-state index contributed by atoms with van der Waals surface area (Å²) < 4.78 is 0. The van der Waals surface area contributed by atoms with E-state index in [4.69, 9.17) is 5.73 Å². The third-order valence-electron chi connectivity index (χ3n) is 3.62. The Labute approximate surface area is 127 Å². The maximum Gasteiger partial charge on any atom is 0.229 e. The minimum Gasteiger partial charge on any atom is -0.327 e. The van der Waals surface area contributed by atoms with Gasteiger partial charge < -0.3 is 10.6 Å². The quantitative estimate of drug-likeness (QED) is 0.885. The molecule has 1 aromatic carbocycles. The van der Waals surface area contributed by atoms with Crippen LogP contribution in [0.3, 0.4) is 0 Å². The molecule has 2 aromatic rings. The summed E-state index contributed by atoms with van der Waals surface area (Å²) in [5.74, 6) is 0.732. The van der Waals surface area contributed by atoms with E-state index in [0.717, 1.165) is 36.6 Å². The van der Waals surface area contributed by atoms with Gasteiger partial charge in [0.15, 0.2) is 0 Å². The van der Waals surface area contributed by atoms with Crippen molar-refractivity contribution in [1.82, 2.24) is 9.97 Å². The van der Waals surface area contributed by atoms with Gasteiger partial charge in [-0.3, -0.25) is 0 Å². The van der Waals surface area contributed by atoms with Crippen LogP contribution in [0.5, 0.6) is 0 Å². The van der Waals surface area contributed by atoms with Crippen LogP contribution < -0.4 is 10.6 Å². The standard InChI is InChI=1S/C17H24N4/c1-4-15(18)10-14-11-19-17(20-12-14)21(5-2)16-8-6-13(3)7-9-16/h6-9,11-12,15H,4-5,10,18H2,1-3H3. The highest BCUT2D eigenvalue weighted by Crippen LogP contribution is 2.21. The van der Waals surface area contributed by atoms with Crippen molar-refractivity contribution in [3.8, 4) is 0 Å². The van der Waals surface area contributed by atoms with Gasteiger partial charge in [0.25, 0.3) is 0 Å². The second-order valence-corrected chi connectivity index (χ2v) is 5.34. The lowest BCUT2D eigenvalue weighted by atomic mass is 10.1. The molecular formula is C17H24N4. The molecule has 0 aliphatic rings. The third-order valence-corrected chi connectivity index (χ3v) is 3.62. The largest absolute Gasteiger partial charge is 0.327 e. The number of nitrogens with zero attached hydrogens (tertiary/aromatic N) is 3. The molecule has 0 saturated carbocycles. The number of hydrogen-bond donors (Lipinski definition) is 1. The van der Waals surface area contributed by atoms with Crippen LogP contribution in [0.1, 0.15) is 31.4 Å². The Hall–Kier alpha value is -1.94. The van der Waals surface area contributed by atoms with Crippen LogP contribution in [-0.4, -0.2) is 22.6 Å². The van der Waals surface area contributed by atoms with Crippen LogP contribution >= 0.6 is 0 Å². The molecule has 21 heavy (non-hydrogen) atoms. The molecule has 2 N–H and O–H groups in total. The topological polar surface area (TPSA) is 55.0 Å². The molecule has 1 aromatic heterocycles. The predicted molar refractivity (Wildman–Crippen MR) is 87.9 cm³/mol. The van der Waals surface area contributed by atoms with E-state index in [2.05, 4.69) is 59.9 Å². The lowest BCUT2D eigenvalue weighted by molar-refractivity contribution is 0.643. The Morgan fingerprint density at radius 1 is 1.10 bits per heavy atom. The molecule has 4 nitrogen and oxygen atoms in total. The molecule has 0 bridgehead atoms. The van der Waals surface area contributed by atoms with E-state index >= 15 is 0 Å². The first-order valence-electron chi connectivity index (χ1n) is 7.54. The van der Waals surface area contributed by atoms with Gasteiger partial charge in [-0.05, 0) is 44.4 Å². The summed E-state index contributed by atoms with van der Waals surface area (Å²) >= 11 is 0. The van der Waals surface area contributed by atoms with E-state index in [0.29, 0.717) is 0 Å². The van der Waals surface area contributed by atoms with Gasteiger partial charge in [-0.15, -0.1) is 0 Å². The molecule has 1 unspecified atom stereocenters. The van der Waals surface area contributed by atoms with Crippen molar-refractivity contribution in [2.45, 2.75) is 39.7 Å². The van der Waals surface area contributed by atoms with E-state index in [1.807, 2.05) is 12.4 Å². The molecule has 0 spiro atoms. The van der Waals surface area contributed by atoms with E-state index in [1.165, 1.54) is 5.56 Å². The predicted octanol–water partition coefficient (Wildman–Crippen LogP) is 3.22. The van der Waals surface area contributed by atoms with Crippen molar-refractivity contribution >= 4 is 11.6 Å². The first-order valence-corrected chi connectivity index (χ1v) is 7.54. The van der Waals surface area contributed by atoms with Crippen molar-refractivity contribution in [1.29, 1.82) is 0 Å². The lowest BCUT2D eigenvalue weighted by Gasteiger charge is -2.21. The summed E-state index contributed by atoms with van der Waals surface area (Å²) in [6.45, 7) is 7.11. The number of aromatic nitrogens is 2. The van der Waals surface area contributed by atoms with Crippen molar-refractivity contribution in [3.05, 3.63) is 47.8 Å². The molecule has 0 aliphatic heterocycles. The molecule has 4 heteroatoms. The summed E-state index contributed by atoms with van der Waals surface area (Å²) in [5, 5.41) is 0. The van der Waals surface area contributed by atoms with Gasteiger partial charge in [0, 0.05) is 30.7 Å². The van der Waals surface area contributed by atoms with E-state index in [-0.39, 0.29) is 6.04 Å². The first-order chi connectivity index (χ1) is 10.1. The van der Waals surface area contributed by atoms with Crippen LogP contribution in [-0.2, 0) is 6.42 Å². The summed E-state index contributed by atoms with van der Waals surface area (Å²) in [7, 11) is 0. The van der Waals surface area contributed by atoms with Crippen LogP contribution in [0.4, 0.5) is 11.6 Å². The Bertz CT molecular complexity index is 548. The van der Waals surface area contributed by atoms with Crippen molar-refractivity contribution in [2.75, 3.05) is 11.4 Å². The second kappa shape index (κ2) is 7.18. The van der Waals surface area contributed by atoms with Crippen LogP contribution in [0.2, 0.25) is 0 Å². The SMILES string of the molecule is CCC(N)Cc1cnc(N(CC)c2ccc(C)cc2)nc1. The van der Waals surface area contributed by atoms with Gasteiger partial charge in [0.2, 0.25) is 5.95 Å². The minimum absolute atomic E-state index is 0.179. The van der Waals surface area contributed by atoms with E-state index in [9.17, 15) is 0 Å². The van der Waals surface area contributed by atoms with Crippen LogP contribution in [0.15, 0.2) is 36.7 Å². The van der Waals surface area contributed by atoms with Gasteiger partial charge in [-0.25, -0.2) is 9.97 Å².